The molecule has 1 atom stereocenters. The van der Waals surface area contributed by atoms with Crippen molar-refractivity contribution in [1.29, 1.82) is 0 Å². The lowest BCUT2D eigenvalue weighted by atomic mass is 9.93. The molecule has 0 radical (unpaired) electrons. The SMILES string of the molecule is O=C(c1ccc(F)cc1)N1CCCC(c2nccnc2-n2ccnc2)C1. The molecule has 1 unspecified atom stereocenters. The number of piperidine rings is 1. The Morgan fingerprint density at radius 2 is 1.92 bits per heavy atom. The van der Waals surface area contributed by atoms with Gasteiger partial charge < -0.3 is 4.90 Å². The highest BCUT2D eigenvalue weighted by Crippen LogP contribution is 2.29. The Hall–Kier alpha value is -3.09. The fourth-order valence-electron chi connectivity index (χ4n) is 3.37. The molecule has 2 aromatic heterocycles. The molecule has 4 rings (SSSR count). The number of carbonyl (C=O) groups is 1. The number of hydrogen-bond donors (Lipinski definition) is 0. The van der Waals surface area contributed by atoms with Gasteiger partial charge in [0.1, 0.15) is 12.1 Å². The van der Waals surface area contributed by atoms with E-state index in [1.807, 2.05) is 15.7 Å². The highest BCUT2D eigenvalue weighted by Gasteiger charge is 2.28. The molecule has 0 spiro atoms. The van der Waals surface area contributed by atoms with Gasteiger partial charge in [-0.25, -0.2) is 14.4 Å². The second kappa shape index (κ2) is 7.03. The van der Waals surface area contributed by atoms with E-state index in [9.17, 15) is 9.18 Å². The summed E-state index contributed by atoms with van der Waals surface area (Å²) in [6.45, 7) is 1.25. The van der Waals surface area contributed by atoms with Crippen LogP contribution in [0.2, 0.25) is 0 Å². The van der Waals surface area contributed by atoms with Gasteiger partial charge in [-0.3, -0.25) is 14.3 Å². The van der Waals surface area contributed by atoms with E-state index in [0.717, 1.165) is 24.4 Å². The zero-order valence-corrected chi connectivity index (χ0v) is 14.1. The summed E-state index contributed by atoms with van der Waals surface area (Å²) in [7, 11) is 0. The van der Waals surface area contributed by atoms with Crippen LogP contribution in [-0.4, -0.2) is 43.4 Å². The molecule has 6 nitrogen and oxygen atoms in total. The second-order valence-corrected chi connectivity index (χ2v) is 6.33. The van der Waals surface area contributed by atoms with Crippen LogP contribution >= 0.6 is 0 Å². The first-order chi connectivity index (χ1) is 12.7. The molecule has 7 heteroatoms. The van der Waals surface area contributed by atoms with Crippen molar-refractivity contribution in [1.82, 2.24) is 24.4 Å². The Morgan fingerprint density at radius 1 is 1.12 bits per heavy atom. The van der Waals surface area contributed by atoms with Crippen LogP contribution < -0.4 is 0 Å². The summed E-state index contributed by atoms with van der Waals surface area (Å²) in [4.78, 5) is 27.6. The molecule has 3 heterocycles. The topological polar surface area (TPSA) is 63.9 Å². The molecule has 0 bridgehead atoms. The van der Waals surface area contributed by atoms with Crippen LogP contribution in [0.4, 0.5) is 4.39 Å². The van der Waals surface area contributed by atoms with E-state index >= 15 is 0 Å². The number of nitrogens with zero attached hydrogens (tertiary/aromatic N) is 5. The number of halogens is 1. The molecule has 1 aliphatic heterocycles. The first-order valence-corrected chi connectivity index (χ1v) is 8.56. The Bertz CT molecular complexity index is 895. The molecule has 1 aromatic carbocycles. The first kappa shape index (κ1) is 16.4. The minimum atomic E-state index is -0.345. The average Bonchev–Trinajstić information content (AvgIpc) is 3.23. The minimum absolute atomic E-state index is 0.0808. The van der Waals surface area contributed by atoms with Crippen LogP contribution in [0.5, 0.6) is 0 Å². The van der Waals surface area contributed by atoms with Crippen LogP contribution in [0.1, 0.15) is 34.8 Å². The third kappa shape index (κ3) is 3.20. The van der Waals surface area contributed by atoms with Crippen LogP contribution in [-0.2, 0) is 0 Å². The van der Waals surface area contributed by atoms with Crippen molar-refractivity contribution in [2.75, 3.05) is 13.1 Å². The van der Waals surface area contributed by atoms with Gasteiger partial charge in [-0.1, -0.05) is 0 Å². The van der Waals surface area contributed by atoms with Gasteiger partial charge in [0, 0.05) is 49.4 Å². The summed E-state index contributed by atoms with van der Waals surface area (Å²) in [5.74, 6) is 0.413. The van der Waals surface area contributed by atoms with Gasteiger partial charge in [0.15, 0.2) is 5.82 Å². The van der Waals surface area contributed by atoms with Crippen LogP contribution in [0.25, 0.3) is 5.82 Å². The Morgan fingerprint density at radius 3 is 2.69 bits per heavy atom. The first-order valence-electron chi connectivity index (χ1n) is 8.56. The summed E-state index contributed by atoms with van der Waals surface area (Å²) in [6.07, 6.45) is 10.4. The number of likely N-dealkylation sites (tertiary alicyclic amines) is 1. The molecule has 1 amide bonds. The highest BCUT2D eigenvalue weighted by atomic mass is 19.1. The number of carbonyl (C=O) groups excluding carboxylic acids is 1. The van der Waals surface area contributed by atoms with E-state index in [0.29, 0.717) is 18.7 Å². The molecular formula is C19H18FN5O. The van der Waals surface area contributed by atoms with Crippen molar-refractivity contribution in [2.24, 2.45) is 0 Å². The summed E-state index contributed by atoms with van der Waals surface area (Å²) < 4.78 is 14.9. The standard InChI is InChI=1S/C19H18FN5O/c20-16-5-3-14(4-6-16)19(26)24-10-1-2-15(12-24)17-18(23-8-7-22-17)25-11-9-21-13-25/h3-9,11,13,15H,1-2,10,12H2. The fourth-order valence-corrected chi connectivity index (χ4v) is 3.37. The van der Waals surface area contributed by atoms with E-state index in [1.165, 1.54) is 24.3 Å². The highest BCUT2D eigenvalue weighted by molar-refractivity contribution is 5.94. The Labute approximate surface area is 150 Å². The maximum atomic E-state index is 13.1. The molecule has 1 fully saturated rings. The molecule has 1 aliphatic rings. The summed E-state index contributed by atoms with van der Waals surface area (Å²) in [6, 6.07) is 5.68. The minimum Gasteiger partial charge on any atom is -0.338 e. The van der Waals surface area contributed by atoms with Gasteiger partial charge in [-0.15, -0.1) is 0 Å². The Balaban J connectivity index is 1.58. The second-order valence-electron chi connectivity index (χ2n) is 6.33. The zero-order chi connectivity index (χ0) is 17.9. The normalized spacial score (nSPS) is 17.3. The van der Waals surface area contributed by atoms with Crippen LogP contribution in [0, 0.1) is 5.82 Å². The van der Waals surface area contributed by atoms with E-state index in [4.69, 9.17) is 0 Å². The summed E-state index contributed by atoms with van der Waals surface area (Å²) in [5.41, 5.74) is 1.36. The third-order valence-corrected chi connectivity index (χ3v) is 4.64. The average molecular weight is 351 g/mol. The Kier molecular flexibility index (Phi) is 4.43. The molecule has 0 N–H and O–H groups in total. The lowest BCUT2D eigenvalue weighted by Gasteiger charge is -2.33. The molecule has 26 heavy (non-hydrogen) atoms. The van der Waals surface area contributed by atoms with Crippen molar-refractivity contribution in [3.05, 3.63) is 72.5 Å². The number of rotatable bonds is 3. The quantitative estimate of drug-likeness (QED) is 0.728. The smallest absolute Gasteiger partial charge is 0.253 e. The summed E-state index contributed by atoms with van der Waals surface area (Å²) >= 11 is 0. The van der Waals surface area contributed by atoms with Gasteiger partial charge in [-0.05, 0) is 37.1 Å². The van der Waals surface area contributed by atoms with Gasteiger partial charge >= 0.3 is 0 Å². The number of benzene rings is 1. The van der Waals surface area contributed by atoms with Gasteiger partial charge in [-0.2, -0.15) is 0 Å². The van der Waals surface area contributed by atoms with E-state index in [1.54, 1.807) is 24.9 Å². The molecular weight excluding hydrogens is 333 g/mol. The maximum Gasteiger partial charge on any atom is 0.253 e. The fraction of sp³-hybridized carbons (Fsp3) is 0.263. The van der Waals surface area contributed by atoms with Crippen molar-refractivity contribution in [3.8, 4) is 5.82 Å². The number of aromatic nitrogens is 4. The lowest BCUT2D eigenvalue weighted by molar-refractivity contribution is 0.0705. The van der Waals surface area contributed by atoms with Crippen LogP contribution in [0.15, 0.2) is 55.4 Å². The van der Waals surface area contributed by atoms with Crippen molar-refractivity contribution in [3.63, 3.8) is 0 Å². The lowest BCUT2D eigenvalue weighted by Crippen LogP contribution is -2.39. The van der Waals surface area contributed by atoms with E-state index in [2.05, 4.69) is 15.0 Å². The van der Waals surface area contributed by atoms with Crippen molar-refractivity contribution < 1.29 is 9.18 Å². The molecule has 0 saturated carbocycles. The van der Waals surface area contributed by atoms with Gasteiger partial charge in [0.25, 0.3) is 5.91 Å². The molecule has 1 saturated heterocycles. The molecule has 132 valence electrons. The van der Waals surface area contributed by atoms with Crippen LogP contribution in [0.3, 0.4) is 0 Å². The van der Waals surface area contributed by atoms with Crippen molar-refractivity contribution in [2.45, 2.75) is 18.8 Å². The van der Waals surface area contributed by atoms with Gasteiger partial charge in [0.05, 0.1) is 5.69 Å². The summed E-state index contributed by atoms with van der Waals surface area (Å²) in [5, 5.41) is 0. The predicted octanol–water partition coefficient (Wildman–Crippen LogP) is 2.82. The molecule has 3 aromatic rings. The molecule has 0 aliphatic carbocycles. The predicted molar refractivity (Wildman–Crippen MR) is 93.4 cm³/mol. The monoisotopic (exact) mass is 351 g/mol. The zero-order valence-electron chi connectivity index (χ0n) is 14.1. The van der Waals surface area contributed by atoms with E-state index in [-0.39, 0.29) is 17.6 Å². The number of imidazole rings is 1. The van der Waals surface area contributed by atoms with Gasteiger partial charge in [0.2, 0.25) is 0 Å². The third-order valence-electron chi connectivity index (χ3n) is 4.64. The largest absolute Gasteiger partial charge is 0.338 e. The number of hydrogen-bond acceptors (Lipinski definition) is 4. The maximum absolute atomic E-state index is 13.1. The van der Waals surface area contributed by atoms with E-state index < -0.39 is 0 Å². The number of amides is 1. The van der Waals surface area contributed by atoms with Crippen molar-refractivity contribution >= 4 is 5.91 Å².